The van der Waals surface area contributed by atoms with Crippen LogP contribution in [0.4, 0.5) is 5.69 Å². The molecule has 130 valence electrons. The van der Waals surface area contributed by atoms with Crippen molar-refractivity contribution in [3.8, 4) is 0 Å². The van der Waals surface area contributed by atoms with Crippen molar-refractivity contribution < 1.29 is 14.6 Å². The lowest BCUT2D eigenvalue weighted by molar-refractivity contribution is -0.130. The van der Waals surface area contributed by atoms with Crippen LogP contribution >= 0.6 is 0 Å². The summed E-state index contributed by atoms with van der Waals surface area (Å²) in [6.45, 7) is 2.26. The van der Waals surface area contributed by atoms with E-state index in [1.807, 2.05) is 4.90 Å². The number of ether oxygens (including phenoxy) is 1. The molecule has 1 N–H and O–H groups in total. The number of carbonyl (C=O) groups excluding carboxylic acids is 1. The average Bonchev–Trinajstić information content (AvgIpc) is 2.93. The number of carbonyl (C=O) groups is 1. The zero-order valence-electron chi connectivity index (χ0n) is 14.2. The van der Waals surface area contributed by atoms with Gasteiger partial charge in [-0.1, -0.05) is 12.1 Å². The van der Waals surface area contributed by atoms with Crippen molar-refractivity contribution in [3.05, 3.63) is 29.8 Å². The van der Waals surface area contributed by atoms with Crippen LogP contribution in [0.5, 0.6) is 0 Å². The predicted octanol–water partition coefficient (Wildman–Crippen LogP) is 3.24. The molecule has 2 saturated heterocycles. The summed E-state index contributed by atoms with van der Waals surface area (Å²) < 4.78 is 5.45. The van der Waals surface area contributed by atoms with Gasteiger partial charge >= 0.3 is 0 Å². The van der Waals surface area contributed by atoms with E-state index in [9.17, 15) is 9.90 Å². The van der Waals surface area contributed by atoms with E-state index in [1.54, 1.807) is 0 Å². The molecule has 2 heterocycles. The molecule has 1 aliphatic carbocycles. The molecule has 2 aliphatic heterocycles. The van der Waals surface area contributed by atoms with Gasteiger partial charge in [0, 0.05) is 25.4 Å². The van der Waals surface area contributed by atoms with E-state index >= 15 is 0 Å². The lowest BCUT2D eigenvalue weighted by Gasteiger charge is -2.31. The van der Waals surface area contributed by atoms with Crippen molar-refractivity contribution in [3.63, 3.8) is 0 Å². The minimum absolute atomic E-state index is 0.113. The highest BCUT2D eigenvalue weighted by Gasteiger charge is 2.47. The maximum atomic E-state index is 12.9. The maximum absolute atomic E-state index is 12.9. The first-order valence-corrected chi connectivity index (χ1v) is 9.36. The van der Waals surface area contributed by atoms with Gasteiger partial charge in [-0.15, -0.1) is 0 Å². The van der Waals surface area contributed by atoms with Crippen molar-refractivity contribution in [2.45, 2.75) is 57.0 Å². The Balaban J connectivity index is 1.46. The Morgan fingerprint density at radius 2 is 1.67 bits per heavy atom. The Labute approximate surface area is 143 Å². The van der Waals surface area contributed by atoms with Crippen LogP contribution in [0.2, 0.25) is 0 Å². The van der Waals surface area contributed by atoms with Gasteiger partial charge in [0.25, 0.3) is 0 Å². The summed E-state index contributed by atoms with van der Waals surface area (Å²) >= 11 is 0. The number of hydrogen-bond acceptors (Lipinski definition) is 3. The number of benzene rings is 1. The van der Waals surface area contributed by atoms with Gasteiger partial charge in [-0.25, -0.2) is 0 Å². The molecule has 4 nitrogen and oxygen atoms in total. The molecule has 3 fully saturated rings. The highest BCUT2D eigenvalue weighted by Crippen LogP contribution is 2.43. The fraction of sp³-hybridized carbons (Fsp3) is 0.650. The third-order valence-electron chi connectivity index (χ3n) is 6.34. The molecule has 1 aromatic rings. The van der Waals surface area contributed by atoms with E-state index < -0.39 is 0 Å². The summed E-state index contributed by atoms with van der Waals surface area (Å²) in [4.78, 5) is 14.9. The third-order valence-corrected chi connectivity index (χ3v) is 6.34. The highest BCUT2D eigenvalue weighted by molar-refractivity contribution is 5.99. The SMILES string of the molecule is O=C1N(c2ccc([C@H]3CC[C@@H](O)CC3)cc2)CCC12CCOCC2. The molecular weight excluding hydrogens is 302 g/mol. The van der Waals surface area contributed by atoms with Crippen LogP contribution in [0.25, 0.3) is 0 Å². The Morgan fingerprint density at radius 1 is 1.00 bits per heavy atom. The normalized spacial score (nSPS) is 30.0. The number of nitrogens with zero attached hydrogens (tertiary/aromatic N) is 1. The van der Waals surface area contributed by atoms with Crippen molar-refractivity contribution in [1.29, 1.82) is 0 Å². The van der Waals surface area contributed by atoms with Gasteiger partial charge in [0.1, 0.15) is 0 Å². The topological polar surface area (TPSA) is 49.8 Å². The van der Waals surface area contributed by atoms with Gasteiger partial charge in [0.05, 0.1) is 11.5 Å². The van der Waals surface area contributed by atoms with E-state index in [0.717, 1.165) is 57.2 Å². The molecule has 4 heteroatoms. The van der Waals surface area contributed by atoms with Crippen LogP contribution in [0.1, 0.15) is 56.4 Å². The molecule has 1 aromatic carbocycles. The molecule has 0 bridgehead atoms. The van der Waals surface area contributed by atoms with Gasteiger partial charge < -0.3 is 14.7 Å². The second-order valence-corrected chi connectivity index (χ2v) is 7.70. The Kier molecular flexibility index (Phi) is 4.35. The van der Waals surface area contributed by atoms with Crippen LogP contribution in [0.15, 0.2) is 24.3 Å². The monoisotopic (exact) mass is 329 g/mol. The van der Waals surface area contributed by atoms with Crippen LogP contribution in [0, 0.1) is 5.41 Å². The van der Waals surface area contributed by atoms with Gasteiger partial charge in [0.2, 0.25) is 5.91 Å². The molecule has 24 heavy (non-hydrogen) atoms. The van der Waals surface area contributed by atoms with Gasteiger partial charge in [0.15, 0.2) is 0 Å². The molecule has 3 aliphatic rings. The predicted molar refractivity (Wildman–Crippen MR) is 93.1 cm³/mol. The maximum Gasteiger partial charge on any atom is 0.233 e. The molecule has 1 amide bonds. The summed E-state index contributed by atoms with van der Waals surface area (Å²) in [5.74, 6) is 0.845. The lowest BCUT2D eigenvalue weighted by atomic mass is 9.79. The van der Waals surface area contributed by atoms with E-state index in [0.29, 0.717) is 25.0 Å². The van der Waals surface area contributed by atoms with Gasteiger partial charge in [-0.3, -0.25) is 4.79 Å². The highest BCUT2D eigenvalue weighted by atomic mass is 16.5. The molecular formula is C20H27NO3. The average molecular weight is 329 g/mol. The first-order valence-electron chi connectivity index (χ1n) is 9.36. The second-order valence-electron chi connectivity index (χ2n) is 7.70. The first-order chi connectivity index (χ1) is 11.7. The molecule has 0 atom stereocenters. The summed E-state index contributed by atoms with van der Waals surface area (Å²) in [5.41, 5.74) is 2.21. The smallest absolute Gasteiger partial charge is 0.233 e. The summed E-state index contributed by atoms with van der Waals surface area (Å²) in [6, 6.07) is 8.58. The molecule has 0 radical (unpaired) electrons. The Hall–Kier alpha value is -1.39. The van der Waals surface area contributed by atoms with Gasteiger partial charge in [-0.2, -0.15) is 0 Å². The molecule has 1 saturated carbocycles. The van der Waals surface area contributed by atoms with Gasteiger partial charge in [-0.05, 0) is 68.6 Å². The third kappa shape index (κ3) is 2.86. The van der Waals surface area contributed by atoms with Crippen LogP contribution in [-0.2, 0) is 9.53 Å². The summed E-state index contributed by atoms with van der Waals surface area (Å²) in [6.07, 6.45) is 6.51. The minimum Gasteiger partial charge on any atom is -0.393 e. The van der Waals surface area contributed by atoms with E-state index in [4.69, 9.17) is 4.74 Å². The molecule has 0 aromatic heterocycles. The van der Waals surface area contributed by atoms with E-state index in [2.05, 4.69) is 24.3 Å². The number of rotatable bonds is 2. The van der Waals surface area contributed by atoms with E-state index in [-0.39, 0.29) is 11.5 Å². The quantitative estimate of drug-likeness (QED) is 0.906. The van der Waals surface area contributed by atoms with Crippen LogP contribution in [0.3, 0.4) is 0 Å². The van der Waals surface area contributed by atoms with Crippen LogP contribution < -0.4 is 4.90 Å². The standard InChI is InChI=1S/C20H27NO3/c22-18-7-3-16(4-8-18)15-1-5-17(6-2-15)21-12-9-20(19(21)23)10-13-24-14-11-20/h1-2,5-6,16,18,22H,3-4,7-14H2/t16-,18+. The second kappa shape index (κ2) is 6.49. The van der Waals surface area contributed by atoms with Crippen molar-refractivity contribution in [2.75, 3.05) is 24.7 Å². The van der Waals surface area contributed by atoms with E-state index in [1.165, 1.54) is 5.56 Å². The molecule has 4 rings (SSSR count). The number of hydrogen-bond donors (Lipinski definition) is 1. The fourth-order valence-electron chi connectivity index (χ4n) is 4.63. The minimum atomic E-state index is -0.170. The largest absolute Gasteiger partial charge is 0.393 e. The molecule has 0 unspecified atom stereocenters. The fourth-order valence-corrected chi connectivity index (χ4v) is 4.63. The number of aliphatic hydroxyl groups excluding tert-OH is 1. The zero-order valence-corrected chi connectivity index (χ0v) is 14.2. The summed E-state index contributed by atoms with van der Waals surface area (Å²) in [5, 5.41) is 9.66. The van der Waals surface area contributed by atoms with Crippen LogP contribution in [-0.4, -0.2) is 36.9 Å². The first kappa shape index (κ1) is 16.1. The number of aliphatic hydroxyl groups is 1. The van der Waals surface area contributed by atoms with Crippen molar-refractivity contribution >= 4 is 11.6 Å². The number of amides is 1. The zero-order chi connectivity index (χ0) is 16.6. The summed E-state index contributed by atoms with van der Waals surface area (Å²) in [7, 11) is 0. The van der Waals surface area contributed by atoms with Crippen molar-refractivity contribution in [1.82, 2.24) is 0 Å². The Bertz CT molecular complexity index is 583. The Morgan fingerprint density at radius 3 is 2.33 bits per heavy atom. The lowest BCUT2D eigenvalue weighted by Crippen LogP contribution is -2.38. The number of anilines is 1. The molecule has 1 spiro atoms. The van der Waals surface area contributed by atoms with Crippen molar-refractivity contribution in [2.24, 2.45) is 5.41 Å².